The van der Waals surface area contributed by atoms with E-state index in [4.69, 9.17) is 4.74 Å². The van der Waals surface area contributed by atoms with Gasteiger partial charge in [0.25, 0.3) is 0 Å². The Bertz CT molecular complexity index is 305. The van der Waals surface area contributed by atoms with E-state index in [1.54, 1.807) is 6.92 Å². The molecule has 0 aliphatic carbocycles. The zero-order valence-corrected chi connectivity index (χ0v) is 11.7. The summed E-state index contributed by atoms with van der Waals surface area (Å²) >= 11 is 0. The van der Waals surface area contributed by atoms with Crippen LogP contribution in [0.3, 0.4) is 0 Å². The summed E-state index contributed by atoms with van der Waals surface area (Å²) in [4.78, 5) is 25.7. The van der Waals surface area contributed by atoms with Crippen molar-refractivity contribution in [2.24, 2.45) is 0 Å². The Labute approximate surface area is 109 Å². The Kier molecular flexibility index (Phi) is 5.59. The standard InChI is InChI=1S/C13H24N2O3/c1-5-18-13(17)11-7-6-8-15(11)10(4)12(16)14-9(2)3/h9-11H,5-8H2,1-4H3,(H,14,16). The maximum atomic E-state index is 12.0. The van der Waals surface area contributed by atoms with Crippen LogP contribution >= 0.6 is 0 Å². The summed E-state index contributed by atoms with van der Waals surface area (Å²) < 4.78 is 5.05. The van der Waals surface area contributed by atoms with Crippen LogP contribution in [0, 0.1) is 0 Å². The summed E-state index contributed by atoms with van der Waals surface area (Å²) in [5.74, 6) is -0.236. The molecule has 2 unspecified atom stereocenters. The molecule has 1 aliphatic heterocycles. The minimum absolute atomic E-state index is 0.0267. The zero-order valence-electron chi connectivity index (χ0n) is 11.7. The molecule has 1 saturated heterocycles. The van der Waals surface area contributed by atoms with Crippen molar-refractivity contribution in [3.8, 4) is 0 Å². The minimum Gasteiger partial charge on any atom is -0.465 e. The van der Waals surface area contributed by atoms with Gasteiger partial charge in [-0.3, -0.25) is 14.5 Å². The summed E-state index contributed by atoms with van der Waals surface area (Å²) in [5.41, 5.74) is 0. The molecule has 1 N–H and O–H groups in total. The molecule has 1 aliphatic rings. The molecular weight excluding hydrogens is 232 g/mol. The van der Waals surface area contributed by atoms with Gasteiger partial charge in [-0.15, -0.1) is 0 Å². The van der Waals surface area contributed by atoms with Crippen molar-refractivity contribution in [3.05, 3.63) is 0 Å². The first-order valence-corrected chi connectivity index (χ1v) is 6.70. The number of esters is 1. The predicted octanol–water partition coefficient (Wildman–Crippen LogP) is 0.927. The van der Waals surface area contributed by atoms with Gasteiger partial charge in [0.1, 0.15) is 6.04 Å². The highest BCUT2D eigenvalue weighted by Crippen LogP contribution is 2.21. The van der Waals surface area contributed by atoms with Crippen molar-refractivity contribution in [1.82, 2.24) is 10.2 Å². The molecule has 0 saturated carbocycles. The first kappa shape index (κ1) is 15.0. The average molecular weight is 256 g/mol. The van der Waals surface area contributed by atoms with Gasteiger partial charge >= 0.3 is 5.97 Å². The molecule has 0 spiro atoms. The van der Waals surface area contributed by atoms with Gasteiger partial charge in [-0.2, -0.15) is 0 Å². The van der Waals surface area contributed by atoms with Crippen molar-refractivity contribution in [3.63, 3.8) is 0 Å². The third-order valence-corrected chi connectivity index (χ3v) is 3.16. The monoisotopic (exact) mass is 256 g/mol. The van der Waals surface area contributed by atoms with Crippen LogP contribution in [0.15, 0.2) is 0 Å². The molecule has 0 radical (unpaired) electrons. The van der Waals surface area contributed by atoms with Crippen molar-refractivity contribution < 1.29 is 14.3 Å². The van der Waals surface area contributed by atoms with Gasteiger partial charge in [-0.05, 0) is 47.1 Å². The summed E-state index contributed by atoms with van der Waals surface area (Å²) in [6.07, 6.45) is 1.71. The fourth-order valence-electron chi connectivity index (χ4n) is 2.30. The molecular formula is C13H24N2O3. The highest BCUT2D eigenvalue weighted by Gasteiger charge is 2.37. The van der Waals surface area contributed by atoms with Crippen LogP contribution in [0.25, 0.3) is 0 Å². The molecule has 0 aromatic heterocycles. The zero-order chi connectivity index (χ0) is 13.7. The molecule has 0 aromatic rings. The quantitative estimate of drug-likeness (QED) is 0.743. The number of ether oxygens (including phenoxy) is 1. The number of carbonyl (C=O) groups excluding carboxylic acids is 2. The molecule has 1 fully saturated rings. The Hall–Kier alpha value is -1.10. The van der Waals surface area contributed by atoms with Crippen molar-refractivity contribution in [2.75, 3.05) is 13.2 Å². The largest absolute Gasteiger partial charge is 0.465 e. The molecule has 104 valence electrons. The van der Waals surface area contributed by atoms with Gasteiger partial charge in [0.2, 0.25) is 5.91 Å². The van der Waals surface area contributed by atoms with Crippen LogP contribution < -0.4 is 5.32 Å². The average Bonchev–Trinajstić information content (AvgIpc) is 2.76. The van der Waals surface area contributed by atoms with Gasteiger partial charge in [-0.25, -0.2) is 0 Å². The lowest BCUT2D eigenvalue weighted by atomic mass is 10.2. The van der Waals surface area contributed by atoms with Gasteiger partial charge in [0, 0.05) is 6.04 Å². The summed E-state index contributed by atoms with van der Waals surface area (Å²) in [7, 11) is 0. The maximum absolute atomic E-state index is 12.0. The van der Waals surface area contributed by atoms with Crippen molar-refractivity contribution in [2.45, 2.75) is 58.7 Å². The van der Waals surface area contributed by atoms with E-state index < -0.39 is 0 Å². The van der Waals surface area contributed by atoms with Crippen LogP contribution in [0.4, 0.5) is 0 Å². The number of rotatable bonds is 5. The van der Waals surface area contributed by atoms with Gasteiger partial charge in [-0.1, -0.05) is 0 Å². The number of hydrogen-bond donors (Lipinski definition) is 1. The van der Waals surface area contributed by atoms with Gasteiger partial charge in [0.15, 0.2) is 0 Å². The summed E-state index contributed by atoms with van der Waals surface area (Å²) in [6.45, 7) is 8.65. The topological polar surface area (TPSA) is 58.6 Å². The fraction of sp³-hybridized carbons (Fsp3) is 0.846. The lowest BCUT2D eigenvalue weighted by Gasteiger charge is -2.28. The Morgan fingerprint density at radius 3 is 2.61 bits per heavy atom. The fourth-order valence-corrected chi connectivity index (χ4v) is 2.30. The molecule has 5 heteroatoms. The highest BCUT2D eigenvalue weighted by atomic mass is 16.5. The molecule has 0 bridgehead atoms. The van der Waals surface area contributed by atoms with E-state index in [1.807, 2.05) is 25.7 Å². The first-order valence-electron chi connectivity index (χ1n) is 6.70. The lowest BCUT2D eigenvalue weighted by molar-refractivity contribution is -0.149. The molecule has 1 heterocycles. The SMILES string of the molecule is CCOC(=O)C1CCCN1C(C)C(=O)NC(C)C. The Balaban J connectivity index is 2.63. The smallest absolute Gasteiger partial charge is 0.323 e. The van der Waals surface area contributed by atoms with Crippen LogP contribution in [-0.2, 0) is 14.3 Å². The third kappa shape index (κ3) is 3.70. The second-order valence-electron chi connectivity index (χ2n) is 4.99. The van der Waals surface area contributed by atoms with Crippen molar-refractivity contribution >= 4 is 11.9 Å². The molecule has 5 nitrogen and oxygen atoms in total. The van der Waals surface area contributed by atoms with E-state index in [0.29, 0.717) is 6.61 Å². The summed E-state index contributed by atoms with van der Waals surface area (Å²) in [5, 5.41) is 2.88. The van der Waals surface area contributed by atoms with Crippen LogP contribution in [0.2, 0.25) is 0 Å². The van der Waals surface area contributed by atoms with E-state index in [-0.39, 0.29) is 30.0 Å². The molecule has 2 atom stereocenters. The summed E-state index contributed by atoms with van der Waals surface area (Å²) in [6, 6.07) is -0.439. The Morgan fingerprint density at radius 1 is 1.39 bits per heavy atom. The number of amides is 1. The van der Waals surface area contributed by atoms with E-state index in [0.717, 1.165) is 19.4 Å². The van der Waals surface area contributed by atoms with Gasteiger partial charge in [0.05, 0.1) is 12.6 Å². The number of carbonyl (C=O) groups is 2. The van der Waals surface area contributed by atoms with Crippen LogP contribution in [0.5, 0.6) is 0 Å². The molecule has 1 rings (SSSR count). The third-order valence-electron chi connectivity index (χ3n) is 3.16. The van der Waals surface area contributed by atoms with Gasteiger partial charge < -0.3 is 10.1 Å². The first-order chi connectivity index (χ1) is 8.47. The number of likely N-dealkylation sites (tertiary alicyclic amines) is 1. The number of nitrogens with one attached hydrogen (secondary N) is 1. The van der Waals surface area contributed by atoms with E-state index in [2.05, 4.69) is 5.32 Å². The predicted molar refractivity (Wildman–Crippen MR) is 69.1 cm³/mol. The number of hydrogen-bond acceptors (Lipinski definition) is 4. The maximum Gasteiger partial charge on any atom is 0.323 e. The normalized spacial score (nSPS) is 21.9. The van der Waals surface area contributed by atoms with Crippen LogP contribution in [0.1, 0.15) is 40.5 Å². The minimum atomic E-state index is -0.288. The number of nitrogens with zero attached hydrogens (tertiary/aromatic N) is 1. The van der Waals surface area contributed by atoms with E-state index in [1.165, 1.54) is 0 Å². The highest BCUT2D eigenvalue weighted by molar-refractivity contribution is 5.83. The van der Waals surface area contributed by atoms with E-state index >= 15 is 0 Å². The molecule has 1 amide bonds. The van der Waals surface area contributed by atoms with Crippen LogP contribution in [-0.4, -0.2) is 48.1 Å². The van der Waals surface area contributed by atoms with E-state index in [9.17, 15) is 9.59 Å². The molecule has 18 heavy (non-hydrogen) atoms. The molecule has 0 aromatic carbocycles. The Morgan fingerprint density at radius 2 is 2.06 bits per heavy atom. The second kappa shape index (κ2) is 6.73. The second-order valence-corrected chi connectivity index (χ2v) is 4.99. The van der Waals surface area contributed by atoms with Crippen molar-refractivity contribution in [1.29, 1.82) is 0 Å². The lowest BCUT2D eigenvalue weighted by Crippen LogP contribution is -2.51.